The van der Waals surface area contributed by atoms with Gasteiger partial charge in [0.25, 0.3) is 5.91 Å². The lowest BCUT2D eigenvalue weighted by molar-refractivity contribution is -0.143. The monoisotopic (exact) mass is 541 g/mol. The van der Waals surface area contributed by atoms with Crippen LogP contribution in [0.4, 0.5) is 0 Å². The predicted molar refractivity (Wildman–Crippen MR) is 149 cm³/mol. The Bertz CT molecular complexity index is 1070. The Morgan fingerprint density at radius 1 is 0.923 bits per heavy atom. The summed E-state index contributed by atoms with van der Waals surface area (Å²) in [5.74, 6) is -2.43. The lowest BCUT2D eigenvalue weighted by Gasteiger charge is -2.35. The third-order valence-corrected chi connectivity index (χ3v) is 7.44. The number of fused-ring (bicyclic) bond motifs is 4. The first-order valence-electron chi connectivity index (χ1n) is 13.9. The van der Waals surface area contributed by atoms with E-state index in [9.17, 15) is 24.3 Å². The molecule has 5 N–H and O–H groups in total. The average Bonchev–Trinajstić information content (AvgIpc) is 2.92. The highest BCUT2D eigenvalue weighted by atomic mass is 16.3. The molecule has 0 saturated carbocycles. The molecule has 1 saturated heterocycles. The molecule has 0 aliphatic carbocycles. The number of hydrogen-bond acceptors (Lipinski definition) is 6. The molecule has 6 atom stereocenters. The molecule has 10 heteroatoms. The molecule has 1 aromatic carbocycles. The van der Waals surface area contributed by atoms with Gasteiger partial charge in [0.15, 0.2) is 0 Å². The van der Waals surface area contributed by atoms with Crippen molar-refractivity contribution in [1.82, 2.24) is 26.4 Å². The van der Waals surface area contributed by atoms with E-state index in [4.69, 9.17) is 0 Å². The van der Waals surface area contributed by atoms with Gasteiger partial charge >= 0.3 is 0 Å². The topological polar surface area (TPSA) is 140 Å². The van der Waals surface area contributed by atoms with Crippen molar-refractivity contribution in [2.45, 2.75) is 90.6 Å². The van der Waals surface area contributed by atoms with Gasteiger partial charge in [-0.05, 0) is 62.6 Å². The summed E-state index contributed by atoms with van der Waals surface area (Å²) in [6, 6.07) is 5.26. The van der Waals surface area contributed by atoms with E-state index < -0.39 is 42.0 Å². The summed E-state index contributed by atoms with van der Waals surface area (Å²) in [5.41, 5.74) is 4.93. The zero-order chi connectivity index (χ0) is 28.7. The van der Waals surface area contributed by atoms with Gasteiger partial charge in [0, 0.05) is 6.54 Å². The maximum Gasteiger partial charge on any atom is 0.258 e. The van der Waals surface area contributed by atoms with Crippen molar-refractivity contribution in [2.75, 3.05) is 6.54 Å². The number of nitrogens with zero attached hydrogens (tertiary/aromatic N) is 1. The summed E-state index contributed by atoms with van der Waals surface area (Å²) in [6.07, 6.45) is 5.18. The number of benzene rings is 1. The molecule has 2 unspecified atom stereocenters. The van der Waals surface area contributed by atoms with E-state index in [1.54, 1.807) is 27.7 Å². The number of nitrogens with one attached hydrogen (secondary N) is 4. The molecule has 214 valence electrons. The van der Waals surface area contributed by atoms with Crippen molar-refractivity contribution < 1.29 is 24.3 Å². The number of hydrogen-bond donors (Lipinski definition) is 5. The summed E-state index contributed by atoms with van der Waals surface area (Å²) in [6.45, 7) is 9.15. The van der Waals surface area contributed by atoms with E-state index in [1.807, 2.05) is 43.3 Å². The Kier molecular flexibility index (Phi) is 10.7. The summed E-state index contributed by atoms with van der Waals surface area (Å²) in [4.78, 5) is 52.2. The van der Waals surface area contributed by atoms with Crippen LogP contribution in [-0.2, 0) is 19.2 Å². The maximum atomic E-state index is 13.2. The number of carbonyl (C=O) groups excluding carboxylic acids is 4. The highest BCUT2D eigenvalue weighted by Gasteiger charge is 2.34. The number of rotatable bonds is 1. The third-order valence-electron chi connectivity index (χ3n) is 7.44. The number of amides is 4. The van der Waals surface area contributed by atoms with Crippen LogP contribution in [0.2, 0.25) is 0 Å². The number of aliphatic hydroxyl groups excluding tert-OH is 1. The van der Waals surface area contributed by atoms with E-state index in [0.717, 1.165) is 11.1 Å². The van der Waals surface area contributed by atoms with Crippen molar-refractivity contribution in [1.29, 1.82) is 0 Å². The quantitative estimate of drug-likeness (QED) is 0.367. The van der Waals surface area contributed by atoms with Crippen LogP contribution in [0, 0.1) is 11.8 Å². The zero-order valence-electron chi connectivity index (χ0n) is 23.6. The number of carbonyl (C=O) groups is 4. The molecule has 10 nitrogen and oxygen atoms in total. The van der Waals surface area contributed by atoms with E-state index in [1.165, 1.54) is 5.01 Å². The van der Waals surface area contributed by atoms with Gasteiger partial charge in [-0.25, -0.2) is 5.43 Å². The van der Waals surface area contributed by atoms with Crippen molar-refractivity contribution in [3.8, 4) is 0 Å². The van der Waals surface area contributed by atoms with Crippen molar-refractivity contribution in [2.24, 2.45) is 11.8 Å². The Labute approximate surface area is 230 Å². The second-order valence-corrected chi connectivity index (χ2v) is 11.0. The van der Waals surface area contributed by atoms with E-state index in [2.05, 4.69) is 21.4 Å². The van der Waals surface area contributed by atoms with Crippen LogP contribution in [0.3, 0.4) is 0 Å². The fraction of sp³-hybridized carbons (Fsp3) is 0.586. The number of allylic oxidation sites excluding steroid dienone is 1. The Morgan fingerprint density at radius 2 is 1.64 bits per heavy atom. The zero-order valence-corrected chi connectivity index (χ0v) is 23.6. The largest absolute Gasteiger partial charge is 0.392 e. The van der Waals surface area contributed by atoms with Gasteiger partial charge in [-0.3, -0.25) is 24.2 Å². The lowest BCUT2D eigenvalue weighted by atomic mass is 9.96. The molecule has 4 amide bonds. The van der Waals surface area contributed by atoms with E-state index in [-0.39, 0.29) is 23.8 Å². The van der Waals surface area contributed by atoms with Crippen LogP contribution >= 0.6 is 0 Å². The Balaban J connectivity index is 1.85. The molecule has 0 radical (unpaired) electrons. The van der Waals surface area contributed by atoms with Crippen LogP contribution in [0.5, 0.6) is 0 Å². The summed E-state index contributed by atoms with van der Waals surface area (Å²) in [5, 5.41) is 20.5. The molecule has 2 aliphatic heterocycles. The van der Waals surface area contributed by atoms with Crippen LogP contribution < -0.4 is 21.4 Å². The van der Waals surface area contributed by atoms with Gasteiger partial charge in [-0.15, -0.1) is 0 Å². The van der Waals surface area contributed by atoms with Crippen molar-refractivity contribution >= 4 is 29.7 Å². The highest BCUT2D eigenvalue weighted by molar-refractivity contribution is 5.92. The molecule has 39 heavy (non-hydrogen) atoms. The van der Waals surface area contributed by atoms with E-state index in [0.29, 0.717) is 32.2 Å². The van der Waals surface area contributed by atoms with Crippen LogP contribution in [0.15, 0.2) is 30.3 Å². The molecule has 0 spiro atoms. The normalized spacial score (nSPS) is 30.9. The SMILES string of the molecule is CC1NC(=O)[C@H](C(C)C)NC(=O)[C@H](C)[C@H](O)CC/C=C/c2cccc(c2)C(C)NC(=O)[C@@H]2CCCN(N2)C1=O. The highest BCUT2D eigenvalue weighted by Crippen LogP contribution is 2.18. The first-order valence-corrected chi connectivity index (χ1v) is 13.9. The summed E-state index contributed by atoms with van der Waals surface area (Å²) in [7, 11) is 0. The molecule has 0 aromatic heterocycles. The Morgan fingerprint density at radius 3 is 2.36 bits per heavy atom. The fourth-order valence-corrected chi connectivity index (χ4v) is 4.79. The van der Waals surface area contributed by atoms with Crippen molar-refractivity contribution in [3.63, 3.8) is 0 Å². The molecule has 2 aliphatic rings. The molecule has 1 fully saturated rings. The summed E-state index contributed by atoms with van der Waals surface area (Å²) < 4.78 is 0. The number of hydrazine groups is 1. The predicted octanol–water partition coefficient (Wildman–Crippen LogP) is 1.81. The molecule has 1 aromatic rings. The number of aliphatic hydroxyl groups is 1. The maximum absolute atomic E-state index is 13.2. The van der Waals surface area contributed by atoms with Crippen molar-refractivity contribution in [3.05, 3.63) is 41.5 Å². The minimum Gasteiger partial charge on any atom is -0.392 e. The van der Waals surface area contributed by atoms with Gasteiger partial charge in [0.1, 0.15) is 18.1 Å². The molecule has 3 rings (SSSR count). The average molecular weight is 542 g/mol. The van der Waals surface area contributed by atoms with Gasteiger partial charge in [-0.1, -0.05) is 51.1 Å². The Hall–Kier alpha value is -3.24. The van der Waals surface area contributed by atoms with Gasteiger partial charge in [0.2, 0.25) is 17.7 Å². The van der Waals surface area contributed by atoms with Crippen LogP contribution in [-0.4, -0.2) is 64.5 Å². The molecular formula is C29H43N5O5. The van der Waals surface area contributed by atoms with Gasteiger partial charge < -0.3 is 21.1 Å². The van der Waals surface area contributed by atoms with Gasteiger partial charge in [0.05, 0.1) is 18.1 Å². The third kappa shape index (κ3) is 8.12. The minimum absolute atomic E-state index is 0.203. The lowest BCUT2D eigenvalue weighted by Crippen LogP contribution is -2.62. The van der Waals surface area contributed by atoms with E-state index >= 15 is 0 Å². The first kappa shape index (κ1) is 30.3. The van der Waals surface area contributed by atoms with Crippen LogP contribution in [0.1, 0.15) is 77.5 Å². The standard InChI is InChI=1S/C29H43N5O5/c1-17(2)25-28(38)31-20(5)29(39)34-15-9-13-23(33-34)27(37)30-19(4)22-12-8-11-21(16-22)10-6-7-14-24(35)18(3)26(36)32-25/h6,8,10-12,16-20,23-25,33,35H,7,9,13-15H2,1-5H3,(H,30,37)(H,31,38)(H,32,36)/b10-6+/t18-,19?,20?,23+,24-,25+/m1/s1. The molecular weight excluding hydrogens is 498 g/mol. The minimum atomic E-state index is -0.886. The molecule has 4 bridgehead atoms. The summed E-state index contributed by atoms with van der Waals surface area (Å²) >= 11 is 0. The fourth-order valence-electron chi connectivity index (χ4n) is 4.79. The molecule has 2 heterocycles. The second kappa shape index (κ2) is 13.7. The van der Waals surface area contributed by atoms with Gasteiger partial charge in [-0.2, -0.15) is 0 Å². The second-order valence-electron chi connectivity index (χ2n) is 11.0. The smallest absolute Gasteiger partial charge is 0.258 e. The first-order chi connectivity index (χ1) is 18.5. The van der Waals surface area contributed by atoms with Crippen LogP contribution in [0.25, 0.3) is 6.08 Å².